The zero-order valence-corrected chi connectivity index (χ0v) is 12.2. The summed E-state index contributed by atoms with van der Waals surface area (Å²) < 4.78 is 22.9. The first-order valence-electron chi connectivity index (χ1n) is 6.48. The molecule has 0 radical (unpaired) electrons. The Bertz CT molecular complexity index is 646. The molecule has 0 spiro atoms. The van der Waals surface area contributed by atoms with Gasteiger partial charge in [-0.05, 0) is 29.7 Å². The SMILES string of the molecule is CS(=O)(=O)c1ccc(C(CCO)c2ccccc2)cc1. The van der Waals surface area contributed by atoms with Gasteiger partial charge < -0.3 is 5.11 Å². The summed E-state index contributed by atoms with van der Waals surface area (Å²) in [6.45, 7) is 0.0907. The third kappa shape index (κ3) is 3.46. The van der Waals surface area contributed by atoms with Crippen LogP contribution in [0.25, 0.3) is 0 Å². The smallest absolute Gasteiger partial charge is 0.175 e. The number of benzene rings is 2. The minimum Gasteiger partial charge on any atom is -0.396 e. The summed E-state index contributed by atoms with van der Waals surface area (Å²) in [5.41, 5.74) is 2.13. The van der Waals surface area contributed by atoms with Crippen molar-refractivity contribution in [3.05, 3.63) is 65.7 Å². The topological polar surface area (TPSA) is 54.4 Å². The molecule has 0 bridgehead atoms. The molecule has 106 valence electrons. The molecule has 1 N–H and O–H groups in total. The average molecular weight is 290 g/mol. The van der Waals surface area contributed by atoms with Gasteiger partial charge in [-0.2, -0.15) is 0 Å². The quantitative estimate of drug-likeness (QED) is 0.921. The summed E-state index contributed by atoms with van der Waals surface area (Å²) in [6.07, 6.45) is 1.81. The van der Waals surface area contributed by atoms with Crippen LogP contribution in [-0.2, 0) is 9.84 Å². The molecule has 1 unspecified atom stereocenters. The molecule has 20 heavy (non-hydrogen) atoms. The highest BCUT2D eigenvalue weighted by atomic mass is 32.2. The Balaban J connectivity index is 2.36. The van der Waals surface area contributed by atoms with E-state index in [1.54, 1.807) is 12.1 Å². The van der Waals surface area contributed by atoms with Gasteiger partial charge in [-0.15, -0.1) is 0 Å². The number of sulfone groups is 1. The van der Waals surface area contributed by atoms with Crippen molar-refractivity contribution < 1.29 is 13.5 Å². The van der Waals surface area contributed by atoms with E-state index < -0.39 is 9.84 Å². The summed E-state index contributed by atoms with van der Waals surface area (Å²) in [6, 6.07) is 16.8. The highest BCUT2D eigenvalue weighted by molar-refractivity contribution is 7.90. The number of hydrogen-bond acceptors (Lipinski definition) is 3. The Labute approximate surface area is 119 Å². The third-order valence-corrected chi connectivity index (χ3v) is 4.46. The predicted molar refractivity (Wildman–Crippen MR) is 79.5 cm³/mol. The lowest BCUT2D eigenvalue weighted by Gasteiger charge is -2.17. The van der Waals surface area contributed by atoms with Gasteiger partial charge in [0.1, 0.15) is 0 Å². The Hall–Kier alpha value is -1.65. The molecule has 0 aliphatic carbocycles. The highest BCUT2D eigenvalue weighted by Crippen LogP contribution is 2.28. The lowest BCUT2D eigenvalue weighted by Crippen LogP contribution is -2.04. The second-order valence-corrected chi connectivity index (χ2v) is 6.83. The van der Waals surface area contributed by atoms with Crippen LogP contribution in [-0.4, -0.2) is 26.4 Å². The Morgan fingerprint density at radius 1 is 0.950 bits per heavy atom. The molecule has 0 saturated heterocycles. The fourth-order valence-corrected chi connectivity index (χ4v) is 2.92. The van der Waals surface area contributed by atoms with Crippen molar-refractivity contribution in [2.75, 3.05) is 12.9 Å². The van der Waals surface area contributed by atoms with Crippen LogP contribution in [0.15, 0.2) is 59.5 Å². The van der Waals surface area contributed by atoms with Crippen molar-refractivity contribution in [2.24, 2.45) is 0 Å². The van der Waals surface area contributed by atoms with E-state index in [1.807, 2.05) is 42.5 Å². The Kier molecular flexibility index (Phi) is 4.57. The van der Waals surface area contributed by atoms with E-state index in [0.29, 0.717) is 11.3 Å². The molecule has 0 fully saturated rings. The summed E-state index contributed by atoms with van der Waals surface area (Å²) in [5, 5.41) is 9.25. The van der Waals surface area contributed by atoms with Gasteiger partial charge >= 0.3 is 0 Å². The lowest BCUT2D eigenvalue weighted by molar-refractivity contribution is 0.281. The molecule has 2 aromatic carbocycles. The predicted octanol–water partition coefficient (Wildman–Crippen LogP) is 2.60. The molecule has 0 amide bonds. The van der Waals surface area contributed by atoms with Crippen LogP contribution in [0.2, 0.25) is 0 Å². The van der Waals surface area contributed by atoms with E-state index >= 15 is 0 Å². The van der Waals surface area contributed by atoms with Crippen molar-refractivity contribution in [3.63, 3.8) is 0 Å². The molecule has 0 aromatic heterocycles. The maximum atomic E-state index is 11.5. The maximum Gasteiger partial charge on any atom is 0.175 e. The Morgan fingerprint density at radius 3 is 2.00 bits per heavy atom. The van der Waals surface area contributed by atoms with Gasteiger partial charge in [-0.1, -0.05) is 42.5 Å². The molecular formula is C16H18O3S. The molecule has 4 heteroatoms. The van der Waals surface area contributed by atoms with E-state index in [9.17, 15) is 13.5 Å². The fourth-order valence-electron chi connectivity index (χ4n) is 2.29. The van der Waals surface area contributed by atoms with Crippen LogP contribution in [0.4, 0.5) is 0 Å². The van der Waals surface area contributed by atoms with E-state index in [4.69, 9.17) is 0 Å². The van der Waals surface area contributed by atoms with E-state index in [2.05, 4.69) is 0 Å². The minimum atomic E-state index is -3.17. The van der Waals surface area contributed by atoms with Gasteiger partial charge in [0.15, 0.2) is 9.84 Å². The monoisotopic (exact) mass is 290 g/mol. The highest BCUT2D eigenvalue weighted by Gasteiger charge is 2.14. The fraction of sp³-hybridized carbons (Fsp3) is 0.250. The summed E-state index contributed by atoms with van der Waals surface area (Å²) in [5.74, 6) is 0.0785. The first-order chi connectivity index (χ1) is 9.52. The molecule has 0 saturated carbocycles. The number of rotatable bonds is 5. The number of aliphatic hydroxyl groups excluding tert-OH is 1. The molecule has 0 aliphatic rings. The van der Waals surface area contributed by atoms with Gasteiger partial charge in [0, 0.05) is 18.8 Å². The standard InChI is InChI=1S/C16H18O3S/c1-20(18,19)15-9-7-14(8-10-15)16(11-12-17)13-5-3-2-4-6-13/h2-10,16-17H,11-12H2,1H3. The van der Waals surface area contributed by atoms with E-state index in [-0.39, 0.29) is 12.5 Å². The minimum absolute atomic E-state index is 0.0785. The van der Waals surface area contributed by atoms with Crippen LogP contribution >= 0.6 is 0 Å². The van der Waals surface area contributed by atoms with E-state index in [1.165, 1.54) is 6.26 Å². The summed E-state index contributed by atoms with van der Waals surface area (Å²) >= 11 is 0. The van der Waals surface area contributed by atoms with E-state index in [0.717, 1.165) is 11.1 Å². The molecule has 0 aliphatic heterocycles. The van der Waals surface area contributed by atoms with Gasteiger partial charge in [-0.25, -0.2) is 8.42 Å². The number of aliphatic hydroxyl groups is 1. The van der Waals surface area contributed by atoms with Crippen LogP contribution < -0.4 is 0 Å². The second kappa shape index (κ2) is 6.20. The van der Waals surface area contributed by atoms with Gasteiger partial charge in [0.25, 0.3) is 0 Å². The third-order valence-electron chi connectivity index (χ3n) is 3.33. The second-order valence-electron chi connectivity index (χ2n) is 4.82. The molecule has 1 atom stereocenters. The summed E-state index contributed by atoms with van der Waals surface area (Å²) in [7, 11) is -3.17. The van der Waals surface area contributed by atoms with Crippen molar-refractivity contribution in [1.29, 1.82) is 0 Å². The zero-order valence-electron chi connectivity index (χ0n) is 11.4. The number of hydrogen-bond donors (Lipinski definition) is 1. The largest absolute Gasteiger partial charge is 0.396 e. The maximum absolute atomic E-state index is 11.5. The van der Waals surface area contributed by atoms with Crippen LogP contribution in [0.1, 0.15) is 23.5 Å². The normalized spacial score (nSPS) is 13.1. The van der Waals surface area contributed by atoms with Gasteiger partial charge in [0.05, 0.1) is 4.90 Å². The molecule has 0 heterocycles. The van der Waals surface area contributed by atoms with Crippen LogP contribution in [0, 0.1) is 0 Å². The van der Waals surface area contributed by atoms with Crippen molar-refractivity contribution in [1.82, 2.24) is 0 Å². The molecule has 2 aromatic rings. The molecule has 3 nitrogen and oxygen atoms in total. The van der Waals surface area contributed by atoms with Crippen molar-refractivity contribution in [3.8, 4) is 0 Å². The molecular weight excluding hydrogens is 272 g/mol. The first kappa shape index (κ1) is 14.8. The van der Waals surface area contributed by atoms with Gasteiger partial charge in [-0.3, -0.25) is 0 Å². The lowest BCUT2D eigenvalue weighted by atomic mass is 9.89. The molecule has 2 rings (SSSR count). The first-order valence-corrected chi connectivity index (χ1v) is 8.37. The average Bonchev–Trinajstić information content (AvgIpc) is 2.45. The summed E-state index contributed by atoms with van der Waals surface area (Å²) in [4.78, 5) is 0.317. The van der Waals surface area contributed by atoms with Crippen molar-refractivity contribution in [2.45, 2.75) is 17.2 Å². The van der Waals surface area contributed by atoms with Crippen molar-refractivity contribution >= 4 is 9.84 Å². The van der Waals surface area contributed by atoms with Crippen LogP contribution in [0.3, 0.4) is 0 Å². The van der Waals surface area contributed by atoms with Gasteiger partial charge in [0.2, 0.25) is 0 Å². The van der Waals surface area contributed by atoms with Crippen LogP contribution in [0.5, 0.6) is 0 Å². The Morgan fingerprint density at radius 2 is 1.50 bits per heavy atom. The zero-order chi connectivity index (χ0) is 14.6.